The highest BCUT2D eigenvalue weighted by atomic mass is 32.1. The summed E-state index contributed by atoms with van der Waals surface area (Å²) in [7, 11) is 0. The zero-order valence-corrected chi connectivity index (χ0v) is 13.6. The second-order valence-corrected chi connectivity index (χ2v) is 6.07. The lowest BCUT2D eigenvalue weighted by Crippen LogP contribution is -2.27. The van der Waals surface area contributed by atoms with Gasteiger partial charge in [-0.15, -0.1) is 11.3 Å². The fraction of sp³-hybridized carbons (Fsp3) is 0.467. The fourth-order valence-electron chi connectivity index (χ4n) is 2.31. The summed E-state index contributed by atoms with van der Waals surface area (Å²) in [6, 6.07) is 1.99. The summed E-state index contributed by atoms with van der Waals surface area (Å²) in [5.74, 6) is -0.107. The molecule has 2 aromatic heterocycles. The number of nitrogens with one attached hydrogen (secondary N) is 2. The number of aryl methyl sites for hydroxylation is 2. The zero-order chi connectivity index (χ0) is 15.4. The number of fused-ring (bicyclic) bond motifs is 1. The molecule has 0 saturated heterocycles. The number of hydrogen-bond donors (Lipinski definition) is 3. The minimum atomic E-state index is -0.107. The first kappa shape index (κ1) is 15.7. The summed E-state index contributed by atoms with van der Waals surface area (Å²) in [6.07, 6.45) is 0.904. The Bertz CT molecular complexity index is 651. The predicted octanol–water partition coefficient (Wildman–Crippen LogP) is 2.22. The van der Waals surface area contributed by atoms with Gasteiger partial charge in [-0.25, -0.2) is 4.98 Å². The Morgan fingerprint density at radius 2 is 2.14 bits per heavy atom. The van der Waals surface area contributed by atoms with Gasteiger partial charge in [0.2, 0.25) is 0 Å². The quantitative estimate of drug-likeness (QED) is 0.715. The molecule has 4 N–H and O–H groups in total. The van der Waals surface area contributed by atoms with Crippen LogP contribution in [0.25, 0.3) is 10.2 Å². The summed E-state index contributed by atoms with van der Waals surface area (Å²) in [4.78, 5) is 18.1. The number of nitrogen functional groups attached to an aromatic ring is 1. The summed E-state index contributed by atoms with van der Waals surface area (Å²) in [6.45, 7) is 8.50. The Balaban J connectivity index is 2.13. The average Bonchev–Trinajstić information content (AvgIpc) is 2.75. The second kappa shape index (κ2) is 6.87. The number of hydrogen-bond acceptors (Lipinski definition) is 5. The minimum absolute atomic E-state index is 0.107. The van der Waals surface area contributed by atoms with E-state index in [-0.39, 0.29) is 5.91 Å². The number of anilines is 1. The molecule has 1 amide bonds. The molecular formula is C15H22N4OS. The van der Waals surface area contributed by atoms with E-state index >= 15 is 0 Å². The Morgan fingerprint density at radius 3 is 2.86 bits per heavy atom. The highest BCUT2D eigenvalue weighted by Crippen LogP contribution is 2.34. The molecule has 0 saturated carbocycles. The van der Waals surface area contributed by atoms with E-state index in [2.05, 4.69) is 22.5 Å². The number of pyridine rings is 1. The van der Waals surface area contributed by atoms with Crippen molar-refractivity contribution in [1.29, 1.82) is 0 Å². The third-order valence-electron chi connectivity index (χ3n) is 3.30. The summed E-state index contributed by atoms with van der Waals surface area (Å²) in [5, 5.41) is 7.05. The number of nitrogens with zero attached hydrogens (tertiary/aromatic N) is 1. The summed E-state index contributed by atoms with van der Waals surface area (Å²) in [5.41, 5.74) is 8.70. The van der Waals surface area contributed by atoms with Gasteiger partial charge >= 0.3 is 0 Å². The molecule has 0 bridgehead atoms. The van der Waals surface area contributed by atoms with Gasteiger partial charge in [0, 0.05) is 17.6 Å². The van der Waals surface area contributed by atoms with E-state index in [1.807, 2.05) is 19.9 Å². The fourth-order valence-corrected chi connectivity index (χ4v) is 3.44. The van der Waals surface area contributed by atoms with E-state index in [1.54, 1.807) is 0 Å². The first-order chi connectivity index (χ1) is 10.0. The van der Waals surface area contributed by atoms with E-state index in [0.29, 0.717) is 17.1 Å². The van der Waals surface area contributed by atoms with Crippen molar-refractivity contribution in [3.63, 3.8) is 0 Å². The molecule has 0 unspecified atom stereocenters. The molecule has 114 valence electrons. The molecule has 0 atom stereocenters. The van der Waals surface area contributed by atoms with Gasteiger partial charge in [0.05, 0.1) is 5.69 Å². The molecule has 0 aliphatic rings. The number of aromatic nitrogens is 1. The van der Waals surface area contributed by atoms with Crippen LogP contribution in [0, 0.1) is 13.8 Å². The molecule has 21 heavy (non-hydrogen) atoms. The highest BCUT2D eigenvalue weighted by Gasteiger charge is 2.18. The van der Waals surface area contributed by atoms with Crippen molar-refractivity contribution in [1.82, 2.24) is 15.6 Å². The zero-order valence-electron chi connectivity index (χ0n) is 12.7. The van der Waals surface area contributed by atoms with Crippen molar-refractivity contribution in [3.05, 3.63) is 22.2 Å². The molecular weight excluding hydrogens is 284 g/mol. The maximum atomic E-state index is 12.2. The maximum absolute atomic E-state index is 12.2. The standard InChI is InChI=1S/C15H22N4OS/c1-4-17-6-5-7-18-14(20)13-12(16)11-9(2)8-10(3)19-15(11)21-13/h8,17H,4-7,16H2,1-3H3,(H,18,20). The highest BCUT2D eigenvalue weighted by molar-refractivity contribution is 7.21. The number of carbonyl (C=O) groups is 1. The second-order valence-electron chi connectivity index (χ2n) is 5.07. The maximum Gasteiger partial charge on any atom is 0.263 e. The van der Waals surface area contributed by atoms with Crippen LogP contribution in [0.5, 0.6) is 0 Å². The van der Waals surface area contributed by atoms with Crippen molar-refractivity contribution in [3.8, 4) is 0 Å². The summed E-state index contributed by atoms with van der Waals surface area (Å²) < 4.78 is 0. The van der Waals surface area contributed by atoms with Crippen LogP contribution in [0.4, 0.5) is 5.69 Å². The van der Waals surface area contributed by atoms with Gasteiger partial charge in [-0.05, 0) is 45.0 Å². The van der Waals surface area contributed by atoms with Crippen molar-refractivity contribution in [2.75, 3.05) is 25.4 Å². The number of nitrogens with two attached hydrogens (primary N) is 1. The lowest BCUT2D eigenvalue weighted by Gasteiger charge is -2.05. The SMILES string of the molecule is CCNCCCNC(=O)c1sc2nc(C)cc(C)c2c1N. The molecule has 0 aliphatic carbocycles. The van der Waals surface area contributed by atoms with E-state index < -0.39 is 0 Å². The molecule has 6 heteroatoms. The van der Waals surface area contributed by atoms with Gasteiger partial charge in [0.25, 0.3) is 5.91 Å². The molecule has 0 aromatic carbocycles. The topological polar surface area (TPSA) is 80.0 Å². The van der Waals surface area contributed by atoms with Gasteiger partial charge in [-0.3, -0.25) is 4.79 Å². The Hall–Kier alpha value is -1.66. The van der Waals surface area contributed by atoms with Gasteiger partial charge in [-0.1, -0.05) is 6.92 Å². The van der Waals surface area contributed by atoms with Crippen LogP contribution in [0.1, 0.15) is 34.3 Å². The number of amides is 1. The minimum Gasteiger partial charge on any atom is -0.397 e. The lowest BCUT2D eigenvalue weighted by molar-refractivity contribution is 0.0958. The number of rotatable bonds is 6. The van der Waals surface area contributed by atoms with Crippen LogP contribution < -0.4 is 16.4 Å². The van der Waals surface area contributed by atoms with Gasteiger partial charge in [-0.2, -0.15) is 0 Å². The van der Waals surface area contributed by atoms with E-state index in [4.69, 9.17) is 5.73 Å². The number of thiophene rings is 1. The lowest BCUT2D eigenvalue weighted by atomic mass is 10.1. The van der Waals surface area contributed by atoms with Crippen molar-refractivity contribution >= 4 is 33.1 Å². The Kier molecular flexibility index (Phi) is 5.14. The van der Waals surface area contributed by atoms with Crippen LogP contribution in [0.2, 0.25) is 0 Å². The number of carbonyl (C=O) groups excluding carboxylic acids is 1. The van der Waals surface area contributed by atoms with E-state index in [9.17, 15) is 4.79 Å². The van der Waals surface area contributed by atoms with E-state index in [0.717, 1.165) is 41.0 Å². The first-order valence-electron chi connectivity index (χ1n) is 7.19. The van der Waals surface area contributed by atoms with Crippen molar-refractivity contribution < 1.29 is 4.79 Å². The molecule has 2 aromatic rings. The van der Waals surface area contributed by atoms with Crippen LogP contribution in [0.3, 0.4) is 0 Å². The Labute approximate surface area is 128 Å². The monoisotopic (exact) mass is 306 g/mol. The first-order valence-corrected chi connectivity index (χ1v) is 8.01. The van der Waals surface area contributed by atoms with E-state index in [1.165, 1.54) is 11.3 Å². The molecule has 2 heterocycles. The predicted molar refractivity (Wildman–Crippen MR) is 89.0 cm³/mol. The van der Waals surface area contributed by atoms with Crippen LogP contribution >= 0.6 is 11.3 Å². The average molecular weight is 306 g/mol. The molecule has 2 rings (SSSR count). The van der Waals surface area contributed by atoms with Gasteiger partial charge in [0.15, 0.2) is 0 Å². The van der Waals surface area contributed by atoms with Gasteiger partial charge in [0.1, 0.15) is 9.71 Å². The summed E-state index contributed by atoms with van der Waals surface area (Å²) >= 11 is 1.36. The molecule has 0 radical (unpaired) electrons. The largest absolute Gasteiger partial charge is 0.397 e. The smallest absolute Gasteiger partial charge is 0.263 e. The third-order valence-corrected chi connectivity index (χ3v) is 4.39. The Morgan fingerprint density at radius 1 is 1.38 bits per heavy atom. The van der Waals surface area contributed by atoms with Crippen molar-refractivity contribution in [2.45, 2.75) is 27.2 Å². The van der Waals surface area contributed by atoms with Crippen LogP contribution in [-0.4, -0.2) is 30.5 Å². The molecule has 0 spiro atoms. The van der Waals surface area contributed by atoms with Crippen LogP contribution in [0.15, 0.2) is 6.07 Å². The van der Waals surface area contributed by atoms with Gasteiger partial charge < -0.3 is 16.4 Å². The third kappa shape index (κ3) is 3.51. The molecule has 0 aliphatic heterocycles. The molecule has 0 fully saturated rings. The normalized spacial score (nSPS) is 11.0. The van der Waals surface area contributed by atoms with Crippen LogP contribution in [-0.2, 0) is 0 Å². The molecule has 5 nitrogen and oxygen atoms in total. The van der Waals surface area contributed by atoms with Crippen molar-refractivity contribution in [2.24, 2.45) is 0 Å².